The van der Waals surface area contributed by atoms with Crippen molar-refractivity contribution in [3.05, 3.63) is 48.0 Å². The Labute approximate surface area is 227 Å². The number of Topliss-reactive ketones (excluding diaryl/α,β-unsaturated/α-hetero) is 1. The number of amides is 1. The van der Waals surface area contributed by atoms with Crippen LogP contribution >= 0.6 is 25.3 Å². The van der Waals surface area contributed by atoms with Crippen molar-refractivity contribution in [3.8, 4) is 0 Å². The van der Waals surface area contributed by atoms with Crippen LogP contribution in [-0.2, 0) is 9.59 Å². The minimum atomic E-state index is 0.0516. The Morgan fingerprint density at radius 2 is 1.86 bits per heavy atom. The number of benzene rings is 2. The zero-order valence-electron chi connectivity index (χ0n) is 21.4. The van der Waals surface area contributed by atoms with Crippen LogP contribution in [0.2, 0.25) is 0 Å². The van der Waals surface area contributed by atoms with Crippen molar-refractivity contribution in [2.45, 2.75) is 57.0 Å². The maximum Gasteiger partial charge on any atom is 0.234 e. The summed E-state index contributed by atoms with van der Waals surface area (Å²) in [5, 5.41) is 5.43. The number of piperidine rings is 1. The fourth-order valence-electron chi connectivity index (χ4n) is 6.46. The summed E-state index contributed by atoms with van der Waals surface area (Å²) in [4.78, 5) is 30.4. The Bertz CT molecular complexity index is 1030. The Morgan fingerprint density at radius 3 is 2.61 bits per heavy atom. The molecule has 1 N–H and O–H groups in total. The summed E-state index contributed by atoms with van der Waals surface area (Å²) in [6, 6.07) is 16.1. The molecule has 2 aromatic rings. The monoisotopic (exact) mass is 527 g/mol. The topological polar surface area (TPSA) is 52.7 Å². The third kappa shape index (κ3) is 6.47. The molecule has 0 aliphatic carbocycles. The van der Waals surface area contributed by atoms with E-state index in [1.165, 1.54) is 22.8 Å². The van der Waals surface area contributed by atoms with Crippen LogP contribution in [-0.4, -0.2) is 77.8 Å². The molecule has 0 saturated carbocycles. The van der Waals surface area contributed by atoms with Crippen molar-refractivity contribution in [1.29, 1.82) is 0 Å². The second-order valence-corrected chi connectivity index (χ2v) is 11.2. The second kappa shape index (κ2) is 13.3. The Kier molecular flexibility index (Phi) is 10.2. The third-order valence-corrected chi connectivity index (χ3v) is 8.52. The number of hydrogen-bond acceptors (Lipinski definition) is 6. The molecule has 4 atom stereocenters. The minimum Gasteiger partial charge on any atom is -0.354 e. The number of fused-ring (bicyclic) bond motifs is 3. The summed E-state index contributed by atoms with van der Waals surface area (Å²) in [5.41, 5.74) is 1.32. The van der Waals surface area contributed by atoms with Crippen molar-refractivity contribution in [2.24, 2.45) is 5.92 Å². The van der Waals surface area contributed by atoms with Gasteiger partial charge in [0.2, 0.25) is 5.91 Å². The number of hydrogen-bond donors (Lipinski definition) is 3. The lowest BCUT2D eigenvalue weighted by Gasteiger charge is -2.44. The molecule has 2 aliphatic heterocycles. The zero-order chi connectivity index (χ0) is 25.5. The van der Waals surface area contributed by atoms with Crippen molar-refractivity contribution < 1.29 is 9.59 Å². The number of thiol groups is 2. The van der Waals surface area contributed by atoms with Crippen LogP contribution in [0.15, 0.2) is 42.5 Å². The summed E-state index contributed by atoms with van der Waals surface area (Å²) in [6.45, 7) is 5.66. The predicted molar refractivity (Wildman–Crippen MR) is 155 cm³/mol. The number of nitrogens with zero attached hydrogens (tertiary/aromatic N) is 2. The summed E-state index contributed by atoms with van der Waals surface area (Å²) in [5.74, 6) is 2.20. The highest BCUT2D eigenvalue weighted by atomic mass is 32.1. The lowest BCUT2D eigenvalue weighted by atomic mass is 9.73. The lowest BCUT2D eigenvalue weighted by molar-refractivity contribution is -0.127. The molecule has 2 aromatic carbocycles. The fourth-order valence-corrected chi connectivity index (χ4v) is 6.85. The van der Waals surface area contributed by atoms with Crippen LogP contribution in [0.3, 0.4) is 0 Å². The highest BCUT2D eigenvalue weighted by Crippen LogP contribution is 2.48. The molecule has 2 bridgehead atoms. The second-order valence-electron chi connectivity index (χ2n) is 10.3. The van der Waals surface area contributed by atoms with Crippen molar-refractivity contribution >= 4 is 47.7 Å². The van der Waals surface area contributed by atoms with Crippen LogP contribution in [0.1, 0.15) is 50.5 Å². The van der Waals surface area contributed by atoms with Gasteiger partial charge in [-0.15, -0.1) is 0 Å². The van der Waals surface area contributed by atoms with Crippen molar-refractivity contribution in [2.75, 3.05) is 44.2 Å². The molecule has 4 rings (SSSR count). The third-order valence-electron chi connectivity index (χ3n) is 8.09. The van der Waals surface area contributed by atoms with Gasteiger partial charge in [0, 0.05) is 49.0 Å². The van der Waals surface area contributed by atoms with E-state index in [4.69, 9.17) is 0 Å². The van der Waals surface area contributed by atoms with E-state index in [1.807, 2.05) is 6.92 Å². The predicted octanol–water partition coefficient (Wildman–Crippen LogP) is 4.42. The zero-order valence-corrected chi connectivity index (χ0v) is 23.2. The first-order valence-corrected chi connectivity index (χ1v) is 14.8. The van der Waals surface area contributed by atoms with Crippen LogP contribution in [0.25, 0.3) is 10.8 Å². The molecule has 0 aromatic heterocycles. The maximum atomic E-state index is 13.3. The van der Waals surface area contributed by atoms with E-state index in [9.17, 15) is 9.59 Å². The minimum absolute atomic E-state index is 0.0516. The summed E-state index contributed by atoms with van der Waals surface area (Å²) in [6.07, 6.45) is 4.93. The molecule has 2 aliphatic rings. The quantitative estimate of drug-likeness (QED) is 0.338. The molecular formula is C29H41N3O2S2. The molecular weight excluding hydrogens is 486 g/mol. The molecule has 5 nitrogen and oxygen atoms in total. The molecule has 2 saturated heterocycles. The first-order valence-electron chi connectivity index (χ1n) is 13.5. The summed E-state index contributed by atoms with van der Waals surface area (Å²) < 4.78 is 0. The summed E-state index contributed by atoms with van der Waals surface area (Å²) in [7, 11) is 0. The SMILES string of the molecule is CCC(=O)[C@H]1[C@@H](c2ccc3ccccc3c2)CC2CC[C@H]1N2CCCN(CCS)CC(=O)NCCS. The summed E-state index contributed by atoms with van der Waals surface area (Å²) >= 11 is 8.56. The fraction of sp³-hybridized carbons (Fsp3) is 0.586. The number of rotatable bonds is 13. The van der Waals surface area contributed by atoms with Gasteiger partial charge in [-0.3, -0.25) is 19.4 Å². The lowest BCUT2D eigenvalue weighted by Crippen LogP contribution is -2.51. The highest BCUT2D eigenvalue weighted by molar-refractivity contribution is 7.80. The van der Waals surface area contributed by atoms with Crippen LogP contribution < -0.4 is 5.32 Å². The molecule has 2 fully saturated rings. The van der Waals surface area contributed by atoms with Crippen LogP contribution in [0, 0.1) is 5.92 Å². The number of nitrogens with one attached hydrogen (secondary N) is 1. The largest absolute Gasteiger partial charge is 0.354 e. The van der Waals surface area contributed by atoms with Gasteiger partial charge in [0.25, 0.3) is 0 Å². The average Bonchev–Trinajstić information content (AvgIpc) is 3.17. The molecule has 0 spiro atoms. The highest BCUT2D eigenvalue weighted by Gasteiger charge is 2.49. The molecule has 0 radical (unpaired) electrons. The molecule has 196 valence electrons. The Balaban J connectivity index is 1.43. The number of ketones is 1. The first kappa shape index (κ1) is 27.5. The maximum absolute atomic E-state index is 13.3. The number of carbonyl (C=O) groups excluding carboxylic acids is 2. The number of carbonyl (C=O) groups is 2. The van der Waals surface area contributed by atoms with E-state index in [1.54, 1.807) is 0 Å². The van der Waals surface area contributed by atoms with Crippen molar-refractivity contribution in [1.82, 2.24) is 15.1 Å². The van der Waals surface area contributed by atoms with Gasteiger partial charge in [-0.25, -0.2) is 0 Å². The van der Waals surface area contributed by atoms with E-state index in [2.05, 4.69) is 82.8 Å². The van der Waals surface area contributed by atoms with Gasteiger partial charge < -0.3 is 5.32 Å². The molecule has 1 unspecified atom stereocenters. The van der Waals surface area contributed by atoms with Crippen molar-refractivity contribution in [3.63, 3.8) is 0 Å². The molecule has 36 heavy (non-hydrogen) atoms. The van der Waals surface area contributed by atoms with Gasteiger partial charge in [-0.05, 0) is 61.0 Å². The van der Waals surface area contributed by atoms with Gasteiger partial charge in [0.05, 0.1) is 6.54 Å². The average molecular weight is 528 g/mol. The van der Waals surface area contributed by atoms with Crippen LogP contribution in [0.5, 0.6) is 0 Å². The molecule has 1 amide bonds. The first-order chi connectivity index (χ1) is 17.5. The standard InChI is InChI=1S/C29H41N3O2S2/c1-2-27(33)29-25(23-9-8-21-6-3-4-7-22(21)18-23)19-24-10-11-26(29)32(24)14-5-13-31(15-17-36)20-28(34)30-12-16-35/h3-4,6-9,18,24-26,29,35-36H,2,5,10-17,19-20H2,1H3,(H,30,34)/t24?,25-,26-,29+/m1/s1. The van der Waals surface area contributed by atoms with Gasteiger partial charge in [0.15, 0.2) is 0 Å². The van der Waals surface area contributed by atoms with E-state index in [-0.39, 0.29) is 11.8 Å². The van der Waals surface area contributed by atoms with Gasteiger partial charge in [-0.2, -0.15) is 25.3 Å². The smallest absolute Gasteiger partial charge is 0.234 e. The molecule has 7 heteroatoms. The molecule has 2 heterocycles. The normalized spacial score (nSPS) is 23.9. The van der Waals surface area contributed by atoms with E-state index in [0.717, 1.165) is 44.6 Å². The van der Waals surface area contributed by atoms with E-state index in [0.29, 0.717) is 49.0 Å². The van der Waals surface area contributed by atoms with Gasteiger partial charge >= 0.3 is 0 Å². The van der Waals surface area contributed by atoms with Gasteiger partial charge in [-0.1, -0.05) is 49.4 Å². The van der Waals surface area contributed by atoms with E-state index < -0.39 is 0 Å². The van der Waals surface area contributed by atoms with Gasteiger partial charge in [0.1, 0.15) is 5.78 Å². The van der Waals surface area contributed by atoms with Crippen LogP contribution in [0.4, 0.5) is 0 Å². The van der Waals surface area contributed by atoms with E-state index >= 15 is 0 Å². The Hall–Kier alpha value is -1.54. The Morgan fingerprint density at radius 1 is 1.06 bits per heavy atom.